The smallest absolute Gasteiger partial charge is 0.255 e. The van der Waals surface area contributed by atoms with E-state index in [1.807, 2.05) is 36.0 Å². The van der Waals surface area contributed by atoms with Gasteiger partial charge in [0.1, 0.15) is 5.75 Å². The van der Waals surface area contributed by atoms with E-state index in [4.69, 9.17) is 0 Å². The monoisotopic (exact) mass is 301 g/mol. The average Bonchev–Trinajstić information content (AvgIpc) is 2.91. The Morgan fingerprint density at radius 1 is 1.33 bits per heavy atom. The van der Waals surface area contributed by atoms with E-state index >= 15 is 0 Å². The van der Waals surface area contributed by atoms with Gasteiger partial charge in [-0.1, -0.05) is 24.3 Å². The fourth-order valence-corrected chi connectivity index (χ4v) is 3.99. The zero-order valence-corrected chi connectivity index (χ0v) is 12.9. The fraction of sp³-hybridized carbons (Fsp3) is 0.353. The molecule has 110 valence electrons. The first kappa shape index (κ1) is 14.3. The molecule has 3 rings (SSSR count). The number of nitrogens with one attached hydrogen (secondary N) is 1. The molecule has 1 aliphatic heterocycles. The highest BCUT2D eigenvalue weighted by Crippen LogP contribution is 2.37. The van der Waals surface area contributed by atoms with Crippen LogP contribution in [-0.4, -0.2) is 28.1 Å². The van der Waals surface area contributed by atoms with Crippen molar-refractivity contribution in [3.05, 3.63) is 42.0 Å². The summed E-state index contributed by atoms with van der Waals surface area (Å²) in [7, 11) is 0. The Balaban J connectivity index is 1.79. The number of amides is 1. The van der Waals surface area contributed by atoms with Gasteiger partial charge < -0.3 is 10.4 Å². The van der Waals surface area contributed by atoms with E-state index in [9.17, 15) is 9.90 Å². The van der Waals surface area contributed by atoms with E-state index in [1.54, 1.807) is 12.1 Å². The van der Waals surface area contributed by atoms with Gasteiger partial charge in [0.05, 0.1) is 5.56 Å². The maximum Gasteiger partial charge on any atom is 0.255 e. The Kier molecular flexibility index (Phi) is 3.81. The summed E-state index contributed by atoms with van der Waals surface area (Å²) in [6, 6.07) is 11.1. The molecule has 4 heteroatoms. The number of hydrogen-bond donors (Lipinski definition) is 2. The van der Waals surface area contributed by atoms with Gasteiger partial charge in [0.2, 0.25) is 0 Å². The summed E-state index contributed by atoms with van der Waals surface area (Å²) in [5, 5.41) is 14.9. The van der Waals surface area contributed by atoms with Crippen molar-refractivity contribution in [2.45, 2.75) is 24.5 Å². The highest BCUT2D eigenvalue weighted by molar-refractivity contribution is 8.00. The zero-order chi connectivity index (χ0) is 14.9. The maximum atomic E-state index is 12.3. The minimum absolute atomic E-state index is 0.0374. The van der Waals surface area contributed by atoms with Crippen molar-refractivity contribution in [3.63, 3.8) is 0 Å². The predicted octanol–water partition coefficient (Wildman–Crippen LogP) is 3.56. The highest BCUT2D eigenvalue weighted by Gasteiger charge is 2.30. The van der Waals surface area contributed by atoms with Crippen LogP contribution in [0.5, 0.6) is 5.75 Å². The topological polar surface area (TPSA) is 49.3 Å². The summed E-state index contributed by atoms with van der Waals surface area (Å²) in [5.41, 5.74) is 0.347. The van der Waals surface area contributed by atoms with Crippen LogP contribution in [0.15, 0.2) is 36.4 Å². The Labute approximate surface area is 128 Å². The number of aromatic hydroxyl groups is 1. The lowest BCUT2D eigenvalue weighted by atomic mass is 10.0. The van der Waals surface area contributed by atoms with E-state index in [0.717, 1.165) is 22.9 Å². The molecule has 21 heavy (non-hydrogen) atoms. The van der Waals surface area contributed by atoms with Crippen molar-refractivity contribution in [2.75, 3.05) is 12.3 Å². The van der Waals surface area contributed by atoms with Crippen molar-refractivity contribution < 1.29 is 9.90 Å². The van der Waals surface area contributed by atoms with Crippen LogP contribution in [0.1, 0.15) is 30.1 Å². The standard InChI is InChI=1S/C17H19NO2S/c1-17(7-4-8-21-17)11-18-16(20)14-9-12-5-2-3-6-13(12)10-15(14)19/h2-3,5-6,9-10,19H,4,7-8,11H2,1H3,(H,18,20). The minimum atomic E-state index is -0.202. The van der Waals surface area contributed by atoms with Crippen LogP contribution in [0.3, 0.4) is 0 Å². The molecule has 1 fully saturated rings. The number of phenols is 1. The summed E-state index contributed by atoms with van der Waals surface area (Å²) in [6.45, 7) is 2.83. The molecule has 0 spiro atoms. The molecule has 1 heterocycles. The molecule has 1 unspecified atom stereocenters. The van der Waals surface area contributed by atoms with Crippen molar-refractivity contribution in [1.82, 2.24) is 5.32 Å². The molecule has 1 saturated heterocycles. The summed E-state index contributed by atoms with van der Waals surface area (Å²) >= 11 is 1.91. The van der Waals surface area contributed by atoms with Crippen molar-refractivity contribution >= 4 is 28.4 Å². The van der Waals surface area contributed by atoms with E-state index in [1.165, 1.54) is 6.42 Å². The fourth-order valence-electron chi connectivity index (χ4n) is 2.75. The lowest BCUT2D eigenvalue weighted by Crippen LogP contribution is -2.36. The Hall–Kier alpha value is -1.68. The quantitative estimate of drug-likeness (QED) is 0.911. The van der Waals surface area contributed by atoms with Gasteiger partial charge in [-0.3, -0.25) is 4.79 Å². The number of fused-ring (bicyclic) bond motifs is 1. The second kappa shape index (κ2) is 5.60. The van der Waals surface area contributed by atoms with E-state index < -0.39 is 0 Å². The number of carbonyl (C=O) groups excluding carboxylic acids is 1. The summed E-state index contributed by atoms with van der Waals surface area (Å²) in [6.07, 6.45) is 2.33. The number of thioether (sulfide) groups is 1. The molecule has 0 aliphatic carbocycles. The van der Waals surface area contributed by atoms with Crippen LogP contribution in [0, 0.1) is 0 Å². The second-order valence-electron chi connectivity index (χ2n) is 5.80. The van der Waals surface area contributed by atoms with Gasteiger partial charge in [-0.05, 0) is 48.4 Å². The SMILES string of the molecule is CC1(CNC(=O)c2cc3ccccc3cc2O)CCCS1. The molecule has 1 aliphatic rings. The normalized spacial score (nSPS) is 21.6. The molecule has 2 aromatic rings. The molecule has 2 N–H and O–H groups in total. The van der Waals surface area contributed by atoms with Crippen LogP contribution in [0.4, 0.5) is 0 Å². The number of phenolic OH excluding ortho intramolecular Hbond substituents is 1. The lowest BCUT2D eigenvalue weighted by Gasteiger charge is -2.23. The van der Waals surface area contributed by atoms with Gasteiger partial charge in [-0.15, -0.1) is 0 Å². The zero-order valence-electron chi connectivity index (χ0n) is 12.1. The van der Waals surface area contributed by atoms with Gasteiger partial charge in [-0.25, -0.2) is 0 Å². The van der Waals surface area contributed by atoms with Crippen LogP contribution in [0.2, 0.25) is 0 Å². The van der Waals surface area contributed by atoms with Crippen molar-refractivity contribution in [1.29, 1.82) is 0 Å². The Morgan fingerprint density at radius 3 is 2.71 bits per heavy atom. The van der Waals surface area contributed by atoms with E-state index in [-0.39, 0.29) is 16.4 Å². The van der Waals surface area contributed by atoms with Gasteiger partial charge >= 0.3 is 0 Å². The van der Waals surface area contributed by atoms with Crippen LogP contribution in [-0.2, 0) is 0 Å². The Bertz CT molecular complexity index is 678. The van der Waals surface area contributed by atoms with Gasteiger partial charge in [0.25, 0.3) is 5.91 Å². The summed E-state index contributed by atoms with van der Waals surface area (Å²) < 4.78 is 0.127. The van der Waals surface area contributed by atoms with Crippen molar-refractivity contribution in [2.24, 2.45) is 0 Å². The molecular weight excluding hydrogens is 282 g/mol. The van der Waals surface area contributed by atoms with Crippen molar-refractivity contribution in [3.8, 4) is 5.75 Å². The second-order valence-corrected chi connectivity index (χ2v) is 7.48. The molecule has 0 aromatic heterocycles. The molecule has 0 saturated carbocycles. The predicted molar refractivity (Wildman–Crippen MR) is 88.0 cm³/mol. The van der Waals surface area contributed by atoms with Gasteiger partial charge in [0.15, 0.2) is 0 Å². The van der Waals surface area contributed by atoms with E-state index in [0.29, 0.717) is 12.1 Å². The summed E-state index contributed by atoms with van der Waals surface area (Å²) in [4.78, 5) is 12.3. The molecule has 0 radical (unpaired) electrons. The maximum absolute atomic E-state index is 12.3. The minimum Gasteiger partial charge on any atom is -0.507 e. The third-order valence-electron chi connectivity index (χ3n) is 4.03. The van der Waals surface area contributed by atoms with Gasteiger partial charge in [-0.2, -0.15) is 11.8 Å². The molecule has 2 aromatic carbocycles. The first-order valence-corrected chi connectivity index (χ1v) is 8.20. The third-order valence-corrected chi connectivity index (χ3v) is 5.57. The molecule has 0 bridgehead atoms. The van der Waals surface area contributed by atoms with Crippen LogP contribution in [0.25, 0.3) is 10.8 Å². The highest BCUT2D eigenvalue weighted by atomic mass is 32.2. The number of hydrogen-bond acceptors (Lipinski definition) is 3. The number of carbonyl (C=O) groups is 1. The van der Waals surface area contributed by atoms with Gasteiger partial charge in [0, 0.05) is 11.3 Å². The van der Waals surface area contributed by atoms with Crippen LogP contribution < -0.4 is 5.32 Å². The Morgan fingerprint density at radius 2 is 2.05 bits per heavy atom. The summed E-state index contributed by atoms with van der Waals surface area (Å²) in [5.74, 6) is 0.996. The third kappa shape index (κ3) is 3.00. The first-order valence-electron chi connectivity index (χ1n) is 7.21. The molecule has 1 atom stereocenters. The number of rotatable bonds is 3. The molecule has 3 nitrogen and oxygen atoms in total. The molecule has 1 amide bonds. The first-order chi connectivity index (χ1) is 10.1. The lowest BCUT2D eigenvalue weighted by molar-refractivity contribution is 0.0947. The largest absolute Gasteiger partial charge is 0.507 e. The average molecular weight is 301 g/mol. The molecular formula is C17H19NO2S. The van der Waals surface area contributed by atoms with Crippen LogP contribution >= 0.6 is 11.8 Å². The number of benzene rings is 2. The van der Waals surface area contributed by atoms with E-state index in [2.05, 4.69) is 12.2 Å².